The Morgan fingerprint density at radius 1 is 1.40 bits per heavy atom. The smallest absolute Gasteiger partial charge is 0.111 e. The number of benzene rings is 1. The third-order valence-corrected chi connectivity index (χ3v) is 4.27. The molecular weight excluding hydrogens is 270 g/mol. The van der Waals surface area contributed by atoms with Gasteiger partial charge in [-0.1, -0.05) is 20.3 Å². The average molecular weight is 290 g/mol. The van der Waals surface area contributed by atoms with Gasteiger partial charge in [0.15, 0.2) is 0 Å². The molecule has 0 bridgehead atoms. The van der Waals surface area contributed by atoms with Crippen LogP contribution in [-0.2, 0) is 6.42 Å². The van der Waals surface area contributed by atoms with Gasteiger partial charge in [0, 0.05) is 18.3 Å². The predicted molar refractivity (Wildman–Crippen MR) is 83.0 cm³/mol. The topological polar surface area (TPSA) is 41.6 Å². The highest BCUT2D eigenvalue weighted by molar-refractivity contribution is 6.17. The highest BCUT2D eigenvalue weighted by atomic mass is 35.5. The van der Waals surface area contributed by atoms with Crippen LogP contribution in [0, 0.1) is 17.2 Å². The van der Waals surface area contributed by atoms with Gasteiger partial charge in [-0.2, -0.15) is 5.26 Å². The van der Waals surface area contributed by atoms with E-state index >= 15 is 0 Å². The monoisotopic (exact) mass is 289 g/mol. The molecule has 0 aliphatic carbocycles. The van der Waals surface area contributed by atoms with Gasteiger partial charge < -0.3 is 4.57 Å². The lowest BCUT2D eigenvalue weighted by molar-refractivity contribution is 0.369. The summed E-state index contributed by atoms with van der Waals surface area (Å²) in [6.07, 6.45) is 1.86. The summed E-state index contributed by atoms with van der Waals surface area (Å²) < 4.78 is 2.26. The number of fused-ring (bicyclic) bond motifs is 1. The minimum absolute atomic E-state index is 0.345. The fourth-order valence-electron chi connectivity index (χ4n) is 2.52. The van der Waals surface area contributed by atoms with E-state index in [1.807, 2.05) is 18.2 Å². The summed E-state index contributed by atoms with van der Waals surface area (Å²) in [4.78, 5) is 4.68. The number of halogens is 1. The van der Waals surface area contributed by atoms with Crippen LogP contribution in [0.25, 0.3) is 11.0 Å². The first-order valence-corrected chi connectivity index (χ1v) is 7.62. The second-order valence-corrected chi connectivity index (χ2v) is 5.66. The lowest BCUT2D eigenvalue weighted by atomic mass is 10.00. The van der Waals surface area contributed by atoms with Gasteiger partial charge in [-0.05, 0) is 31.0 Å². The Morgan fingerprint density at radius 2 is 2.15 bits per heavy atom. The molecular formula is C16H20ClN3. The van der Waals surface area contributed by atoms with E-state index in [1.165, 1.54) is 0 Å². The van der Waals surface area contributed by atoms with Gasteiger partial charge >= 0.3 is 0 Å². The molecule has 20 heavy (non-hydrogen) atoms. The van der Waals surface area contributed by atoms with Gasteiger partial charge in [0.1, 0.15) is 5.82 Å². The molecule has 4 heteroatoms. The normalized spacial score (nSPS) is 14.2. The van der Waals surface area contributed by atoms with Crippen LogP contribution in [0.1, 0.15) is 44.6 Å². The maximum Gasteiger partial charge on any atom is 0.111 e. The van der Waals surface area contributed by atoms with Crippen molar-refractivity contribution in [1.29, 1.82) is 5.26 Å². The molecule has 1 aromatic heterocycles. The van der Waals surface area contributed by atoms with Gasteiger partial charge in [0.2, 0.25) is 0 Å². The molecule has 1 aromatic carbocycles. The summed E-state index contributed by atoms with van der Waals surface area (Å²) >= 11 is 5.91. The largest absolute Gasteiger partial charge is 0.325 e. The van der Waals surface area contributed by atoms with Gasteiger partial charge in [0.25, 0.3) is 0 Å². The lowest BCUT2D eigenvalue weighted by Gasteiger charge is -2.23. The van der Waals surface area contributed by atoms with E-state index in [0.29, 0.717) is 23.4 Å². The van der Waals surface area contributed by atoms with Crippen LogP contribution in [0.2, 0.25) is 0 Å². The molecule has 0 amide bonds. The summed E-state index contributed by atoms with van der Waals surface area (Å²) in [6, 6.07) is 8.22. The third-order valence-electron chi connectivity index (χ3n) is 4.08. The van der Waals surface area contributed by atoms with Crippen molar-refractivity contribution in [2.45, 2.75) is 39.7 Å². The number of hydrogen-bond acceptors (Lipinski definition) is 2. The average Bonchev–Trinajstić information content (AvgIpc) is 2.82. The first-order chi connectivity index (χ1) is 9.62. The Balaban J connectivity index is 2.63. The fraction of sp³-hybridized carbons (Fsp3) is 0.500. The first kappa shape index (κ1) is 14.9. The van der Waals surface area contributed by atoms with Gasteiger partial charge in [-0.3, -0.25) is 0 Å². The maximum absolute atomic E-state index is 9.09. The molecule has 0 radical (unpaired) electrons. The lowest BCUT2D eigenvalue weighted by Crippen LogP contribution is -2.16. The van der Waals surface area contributed by atoms with Crippen molar-refractivity contribution < 1.29 is 0 Å². The molecule has 3 nitrogen and oxygen atoms in total. The fourth-order valence-corrected chi connectivity index (χ4v) is 2.69. The number of hydrogen-bond donors (Lipinski definition) is 0. The molecule has 2 unspecified atom stereocenters. The first-order valence-electron chi connectivity index (χ1n) is 7.09. The van der Waals surface area contributed by atoms with Crippen molar-refractivity contribution in [3.05, 3.63) is 29.6 Å². The second-order valence-electron chi connectivity index (χ2n) is 5.28. The van der Waals surface area contributed by atoms with Crippen molar-refractivity contribution in [1.82, 2.24) is 9.55 Å². The quantitative estimate of drug-likeness (QED) is 0.770. The van der Waals surface area contributed by atoms with Crippen LogP contribution in [0.15, 0.2) is 18.2 Å². The molecule has 0 aliphatic rings. The summed E-state index contributed by atoms with van der Waals surface area (Å²) in [5.41, 5.74) is 2.66. The van der Waals surface area contributed by atoms with Crippen LogP contribution in [0.4, 0.5) is 0 Å². The Labute approximate surface area is 125 Å². The molecule has 0 spiro atoms. The van der Waals surface area contributed by atoms with E-state index in [1.54, 1.807) is 0 Å². The van der Waals surface area contributed by atoms with Crippen molar-refractivity contribution in [2.75, 3.05) is 5.88 Å². The highest BCUT2D eigenvalue weighted by Crippen LogP contribution is 2.28. The molecule has 106 valence electrons. The third kappa shape index (κ3) is 2.66. The Kier molecular flexibility index (Phi) is 4.67. The number of imidazole rings is 1. The number of alkyl halides is 1. The van der Waals surface area contributed by atoms with Crippen LogP contribution >= 0.6 is 11.6 Å². The molecule has 0 saturated carbocycles. The zero-order valence-electron chi connectivity index (χ0n) is 12.2. The van der Waals surface area contributed by atoms with Crippen LogP contribution in [0.3, 0.4) is 0 Å². The van der Waals surface area contributed by atoms with Crippen LogP contribution in [-0.4, -0.2) is 15.4 Å². The van der Waals surface area contributed by atoms with E-state index in [-0.39, 0.29) is 0 Å². The molecule has 1 heterocycles. The van der Waals surface area contributed by atoms with Crippen molar-refractivity contribution >= 4 is 22.6 Å². The summed E-state index contributed by atoms with van der Waals surface area (Å²) in [5.74, 6) is 2.12. The standard InChI is InChI=1S/C16H20ClN3/c1-4-11(2)12(3)20-15-9-13(10-18)5-6-14(15)19-16(20)7-8-17/h5-6,9,11-12H,4,7-8H2,1-3H3. The molecule has 0 fully saturated rings. The van der Waals surface area contributed by atoms with Crippen molar-refractivity contribution in [3.8, 4) is 6.07 Å². The van der Waals surface area contributed by atoms with Gasteiger partial charge in [0.05, 0.1) is 22.7 Å². The Hall–Kier alpha value is -1.53. The number of aryl methyl sites for hydroxylation is 1. The molecule has 2 aromatic rings. The van der Waals surface area contributed by atoms with E-state index in [9.17, 15) is 0 Å². The predicted octanol–water partition coefficient (Wildman–Crippen LogP) is 4.30. The van der Waals surface area contributed by atoms with Crippen LogP contribution in [0.5, 0.6) is 0 Å². The van der Waals surface area contributed by atoms with E-state index in [0.717, 1.165) is 29.7 Å². The number of nitrogens with zero attached hydrogens (tertiary/aromatic N) is 3. The van der Waals surface area contributed by atoms with Crippen molar-refractivity contribution in [2.24, 2.45) is 5.92 Å². The highest BCUT2D eigenvalue weighted by Gasteiger charge is 2.19. The van der Waals surface area contributed by atoms with E-state index < -0.39 is 0 Å². The molecule has 0 saturated heterocycles. The number of aromatic nitrogens is 2. The zero-order valence-corrected chi connectivity index (χ0v) is 13.0. The molecule has 2 rings (SSSR count). The summed E-state index contributed by atoms with van der Waals surface area (Å²) in [7, 11) is 0. The molecule has 2 atom stereocenters. The molecule has 0 N–H and O–H groups in total. The van der Waals surface area contributed by atoms with Crippen molar-refractivity contribution in [3.63, 3.8) is 0 Å². The minimum Gasteiger partial charge on any atom is -0.325 e. The molecule has 0 aliphatic heterocycles. The van der Waals surface area contributed by atoms with Crippen LogP contribution < -0.4 is 0 Å². The van der Waals surface area contributed by atoms with E-state index in [2.05, 4.69) is 36.4 Å². The number of rotatable bonds is 5. The number of nitriles is 1. The minimum atomic E-state index is 0.345. The maximum atomic E-state index is 9.09. The zero-order chi connectivity index (χ0) is 14.7. The Morgan fingerprint density at radius 3 is 2.75 bits per heavy atom. The summed E-state index contributed by atoms with van der Waals surface area (Å²) in [5, 5.41) is 9.09. The summed E-state index contributed by atoms with van der Waals surface area (Å²) in [6.45, 7) is 6.66. The van der Waals surface area contributed by atoms with E-state index in [4.69, 9.17) is 16.9 Å². The second kappa shape index (κ2) is 6.28. The Bertz CT molecular complexity index is 639. The van der Waals surface area contributed by atoms with Gasteiger partial charge in [-0.15, -0.1) is 11.6 Å². The van der Waals surface area contributed by atoms with Gasteiger partial charge in [-0.25, -0.2) is 4.98 Å². The SMILES string of the molecule is CCC(C)C(C)n1c(CCCl)nc2ccc(C#N)cc21.